The van der Waals surface area contributed by atoms with Gasteiger partial charge in [-0.1, -0.05) is 60.8 Å². The molecule has 0 fully saturated rings. The number of hydrogen-bond acceptors (Lipinski definition) is 2. The average Bonchev–Trinajstić information content (AvgIpc) is 2.53. The number of rotatable bonds is 5. The summed E-state index contributed by atoms with van der Waals surface area (Å²) >= 11 is 1.64. The average molecular weight is 280 g/mol. The van der Waals surface area contributed by atoms with Crippen molar-refractivity contribution in [2.45, 2.75) is 11.8 Å². The van der Waals surface area contributed by atoms with Gasteiger partial charge < -0.3 is 0 Å². The molecule has 0 saturated heterocycles. The standard InChI is InChI=1S/C18H16OS/c1-3-16(4-2)20-17-12-10-15(11-13-17)18(19)14-8-6-5-7-9-14/h3-13H,1H2,2H3/b16-4+. The summed E-state index contributed by atoms with van der Waals surface area (Å²) in [7, 11) is 0. The molecule has 2 aromatic rings. The van der Waals surface area contributed by atoms with E-state index in [9.17, 15) is 4.79 Å². The quantitative estimate of drug-likeness (QED) is 0.430. The second kappa shape index (κ2) is 6.92. The smallest absolute Gasteiger partial charge is 0.193 e. The lowest BCUT2D eigenvalue weighted by Crippen LogP contribution is -2.00. The van der Waals surface area contributed by atoms with E-state index in [1.165, 1.54) is 0 Å². The number of thioether (sulfide) groups is 1. The monoisotopic (exact) mass is 280 g/mol. The highest BCUT2D eigenvalue weighted by Gasteiger charge is 2.08. The number of carbonyl (C=O) groups is 1. The minimum atomic E-state index is 0.0529. The summed E-state index contributed by atoms with van der Waals surface area (Å²) in [6, 6.07) is 17.0. The van der Waals surface area contributed by atoms with E-state index in [4.69, 9.17) is 0 Å². The molecule has 0 saturated carbocycles. The normalized spacial score (nSPS) is 11.2. The highest BCUT2D eigenvalue weighted by molar-refractivity contribution is 8.03. The summed E-state index contributed by atoms with van der Waals surface area (Å²) in [6.45, 7) is 5.75. The van der Waals surface area contributed by atoms with Crippen molar-refractivity contribution in [1.29, 1.82) is 0 Å². The maximum absolute atomic E-state index is 12.3. The number of hydrogen-bond donors (Lipinski definition) is 0. The fourth-order valence-corrected chi connectivity index (χ4v) is 2.53. The third-order valence-electron chi connectivity index (χ3n) is 2.87. The van der Waals surface area contributed by atoms with E-state index in [1.807, 2.05) is 73.7 Å². The predicted molar refractivity (Wildman–Crippen MR) is 86.1 cm³/mol. The van der Waals surface area contributed by atoms with Gasteiger partial charge in [0.1, 0.15) is 0 Å². The van der Waals surface area contributed by atoms with Crippen molar-refractivity contribution in [3.05, 3.63) is 89.4 Å². The minimum absolute atomic E-state index is 0.0529. The second-order valence-corrected chi connectivity index (χ2v) is 5.36. The number of carbonyl (C=O) groups excluding carboxylic acids is 1. The van der Waals surface area contributed by atoms with Crippen LogP contribution in [0.4, 0.5) is 0 Å². The number of benzene rings is 2. The first kappa shape index (κ1) is 14.4. The van der Waals surface area contributed by atoms with E-state index in [2.05, 4.69) is 6.58 Å². The van der Waals surface area contributed by atoms with Crippen LogP contribution in [0, 0.1) is 0 Å². The Labute approximate surface area is 124 Å². The first-order chi connectivity index (χ1) is 9.74. The van der Waals surface area contributed by atoms with Gasteiger partial charge >= 0.3 is 0 Å². The highest BCUT2D eigenvalue weighted by Crippen LogP contribution is 2.27. The van der Waals surface area contributed by atoms with Crippen molar-refractivity contribution in [1.82, 2.24) is 0 Å². The van der Waals surface area contributed by atoms with Gasteiger partial charge in [0.25, 0.3) is 0 Å². The lowest BCUT2D eigenvalue weighted by molar-refractivity contribution is 0.103. The topological polar surface area (TPSA) is 17.1 Å². The molecule has 1 nitrogen and oxygen atoms in total. The Kier molecular flexibility index (Phi) is 4.97. The maximum atomic E-state index is 12.3. The fourth-order valence-electron chi connectivity index (χ4n) is 1.79. The van der Waals surface area contributed by atoms with Gasteiger partial charge in [0.2, 0.25) is 0 Å². The van der Waals surface area contributed by atoms with Crippen molar-refractivity contribution in [3.8, 4) is 0 Å². The van der Waals surface area contributed by atoms with Crippen molar-refractivity contribution in [3.63, 3.8) is 0 Å². The molecule has 0 amide bonds. The molecule has 0 radical (unpaired) electrons. The Bertz CT molecular complexity index is 624. The van der Waals surface area contributed by atoms with Crippen LogP contribution in [0.25, 0.3) is 0 Å². The third kappa shape index (κ3) is 3.49. The van der Waals surface area contributed by atoms with Crippen LogP contribution in [0.5, 0.6) is 0 Å². The zero-order valence-corrected chi connectivity index (χ0v) is 12.2. The molecule has 0 atom stereocenters. The van der Waals surface area contributed by atoms with Crippen molar-refractivity contribution >= 4 is 17.5 Å². The largest absolute Gasteiger partial charge is 0.289 e. The SMILES string of the molecule is C=C/C(=C\C)Sc1ccc(C(=O)c2ccccc2)cc1. The molecule has 0 aliphatic heterocycles. The molecule has 2 heteroatoms. The number of ketones is 1. The molecule has 0 bridgehead atoms. The summed E-state index contributed by atoms with van der Waals surface area (Å²) in [4.78, 5) is 14.5. The lowest BCUT2D eigenvalue weighted by Gasteiger charge is -2.04. The Morgan fingerprint density at radius 2 is 1.60 bits per heavy atom. The summed E-state index contributed by atoms with van der Waals surface area (Å²) in [6.07, 6.45) is 3.84. The van der Waals surface area contributed by atoms with Gasteiger partial charge in [-0.15, -0.1) is 0 Å². The van der Waals surface area contributed by atoms with E-state index < -0.39 is 0 Å². The van der Waals surface area contributed by atoms with E-state index in [0.717, 1.165) is 9.80 Å². The van der Waals surface area contributed by atoms with Crippen LogP contribution in [-0.4, -0.2) is 5.78 Å². The molecule has 2 aromatic carbocycles. The van der Waals surface area contributed by atoms with Crippen LogP contribution in [-0.2, 0) is 0 Å². The molecular formula is C18H16OS. The van der Waals surface area contributed by atoms with Gasteiger partial charge in [-0.2, -0.15) is 0 Å². The molecule has 0 aliphatic carbocycles. The third-order valence-corrected chi connectivity index (χ3v) is 4.02. The molecule has 100 valence electrons. The lowest BCUT2D eigenvalue weighted by atomic mass is 10.0. The predicted octanol–water partition coefficient (Wildman–Crippen LogP) is 5.10. The van der Waals surface area contributed by atoms with Gasteiger partial charge in [-0.25, -0.2) is 0 Å². The van der Waals surface area contributed by atoms with Crippen molar-refractivity contribution < 1.29 is 4.79 Å². The first-order valence-corrected chi connectivity index (χ1v) is 7.22. The summed E-state index contributed by atoms with van der Waals surface area (Å²) in [5.41, 5.74) is 1.43. The Hall–Kier alpha value is -2.06. The Morgan fingerprint density at radius 3 is 2.15 bits per heavy atom. The Balaban J connectivity index is 2.16. The van der Waals surface area contributed by atoms with E-state index in [-0.39, 0.29) is 5.78 Å². The van der Waals surface area contributed by atoms with Crippen LogP contribution < -0.4 is 0 Å². The zero-order chi connectivity index (χ0) is 14.4. The molecular weight excluding hydrogens is 264 g/mol. The minimum Gasteiger partial charge on any atom is -0.289 e. The van der Waals surface area contributed by atoms with E-state index >= 15 is 0 Å². The molecule has 0 N–H and O–H groups in total. The molecule has 0 aliphatic rings. The molecule has 2 rings (SSSR count). The van der Waals surface area contributed by atoms with Crippen LogP contribution in [0.15, 0.2) is 83.1 Å². The van der Waals surface area contributed by atoms with Crippen molar-refractivity contribution in [2.24, 2.45) is 0 Å². The molecule has 20 heavy (non-hydrogen) atoms. The van der Waals surface area contributed by atoms with E-state index in [1.54, 1.807) is 11.8 Å². The molecule has 0 aromatic heterocycles. The molecule has 0 heterocycles. The van der Waals surface area contributed by atoms with Crippen molar-refractivity contribution in [2.75, 3.05) is 0 Å². The molecule has 0 spiro atoms. The van der Waals surface area contributed by atoms with E-state index in [0.29, 0.717) is 11.1 Å². The summed E-state index contributed by atoms with van der Waals surface area (Å²) in [5.74, 6) is 0.0529. The van der Waals surface area contributed by atoms with Gasteiger partial charge in [-0.05, 0) is 31.2 Å². The highest BCUT2D eigenvalue weighted by atomic mass is 32.2. The second-order valence-electron chi connectivity index (χ2n) is 4.22. The van der Waals surface area contributed by atoms with Gasteiger partial charge in [0, 0.05) is 20.9 Å². The summed E-state index contributed by atoms with van der Waals surface area (Å²) < 4.78 is 0. The summed E-state index contributed by atoms with van der Waals surface area (Å²) in [5, 5.41) is 0. The molecule has 0 unspecified atom stereocenters. The van der Waals surface area contributed by atoms with Crippen LogP contribution in [0.1, 0.15) is 22.8 Å². The van der Waals surface area contributed by atoms with Gasteiger partial charge in [0.05, 0.1) is 0 Å². The van der Waals surface area contributed by atoms with Gasteiger partial charge in [0.15, 0.2) is 5.78 Å². The first-order valence-electron chi connectivity index (χ1n) is 6.41. The van der Waals surface area contributed by atoms with Crippen LogP contribution in [0.2, 0.25) is 0 Å². The zero-order valence-electron chi connectivity index (χ0n) is 11.4. The van der Waals surface area contributed by atoms with Crippen LogP contribution in [0.3, 0.4) is 0 Å². The number of allylic oxidation sites excluding steroid dienone is 2. The Morgan fingerprint density at radius 1 is 1.00 bits per heavy atom. The fraction of sp³-hybridized carbons (Fsp3) is 0.0556. The van der Waals surface area contributed by atoms with Crippen LogP contribution >= 0.6 is 11.8 Å². The maximum Gasteiger partial charge on any atom is 0.193 e. The van der Waals surface area contributed by atoms with Gasteiger partial charge in [-0.3, -0.25) is 4.79 Å².